The molecule has 35 heavy (non-hydrogen) atoms. The number of amides is 3. The summed E-state index contributed by atoms with van der Waals surface area (Å²) >= 11 is 0. The summed E-state index contributed by atoms with van der Waals surface area (Å²) in [6, 6.07) is -2.85. The first-order valence-electron chi connectivity index (χ1n) is 12.3. The quantitative estimate of drug-likeness (QED) is 0.0989. The second-order valence-corrected chi connectivity index (χ2v) is 9.32. The molecule has 2 rings (SSSR count). The number of aldehydes is 1. The van der Waals surface area contributed by atoms with Gasteiger partial charge in [0, 0.05) is 19.5 Å². The van der Waals surface area contributed by atoms with Crippen LogP contribution in [0.2, 0.25) is 0 Å². The Morgan fingerprint density at radius 3 is 2.40 bits per heavy atom. The van der Waals surface area contributed by atoms with Crippen LogP contribution in [-0.2, 0) is 24.0 Å². The molecule has 1 heterocycles. The highest BCUT2D eigenvalue weighted by atomic mass is 16.4. The molecule has 0 aromatic rings. The third kappa shape index (κ3) is 9.53. The van der Waals surface area contributed by atoms with Gasteiger partial charge in [-0.1, -0.05) is 19.3 Å². The minimum Gasteiger partial charge on any atom is -0.481 e. The van der Waals surface area contributed by atoms with E-state index in [0.29, 0.717) is 38.5 Å². The number of carboxylic acids is 1. The molecule has 2 fully saturated rings. The maximum Gasteiger partial charge on any atom is 0.305 e. The van der Waals surface area contributed by atoms with Gasteiger partial charge in [-0.2, -0.15) is 0 Å². The largest absolute Gasteiger partial charge is 0.481 e. The lowest BCUT2D eigenvalue weighted by molar-refractivity contribution is -0.146. The second kappa shape index (κ2) is 14.3. The smallest absolute Gasteiger partial charge is 0.305 e. The molecule has 1 aliphatic heterocycles. The average molecular weight is 495 g/mol. The zero-order valence-electron chi connectivity index (χ0n) is 20.1. The summed E-state index contributed by atoms with van der Waals surface area (Å²) in [5.74, 6) is -2.47. The molecule has 196 valence electrons. The number of aliphatic carboxylic acids is 1. The minimum absolute atomic E-state index is 0.0569. The van der Waals surface area contributed by atoms with Gasteiger partial charge < -0.3 is 36.9 Å². The lowest BCUT2D eigenvalue weighted by atomic mass is 9.87. The SMILES string of the molecule is NC(N)=NCCC[C@H](C=O)NC(=O)[C@@H]1CCCN1C(=O)[C@@H](CC(=O)O)NC(=O)CC1CCCCC1. The van der Waals surface area contributed by atoms with Crippen molar-refractivity contribution in [3.8, 4) is 0 Å². The van der Waals surface area contributed by atoms with E-state index in [4.69, 9.17) is 11.5 Å². The lowest BCUT2D eigenvalue weighted by Crippen LogP contribution is -2.55. The van der Waals surface area contributed by atoms with Gasteiger partial charge in [0.25, 0.3) is 0 Å². The zero-order chi connectivity index (χ0) is 25.8. The third-order valence-corrected chi connectivity index (χ3v) is 6.51. The van der Waals surface area contributed by atoms with Crippen LogP contribution in [0.5, 0.6) is 0 Å². The van der Waals surface area contributed by atoms with Crippen molar-refractivity contribution in [1.29, 1.82) is 0 Å². The molecular weight excluding hydrogens is 456 g/mol. The number of nitrogens with zero attached hydrogens (tertiary/aromatic N) is 2. The lowest BCUT2D eigenvalue weighted by Gasteiger charge is -2.29. The molecule has 0 unspecified atom stereocenters. The highest BCUT2D eigenvalue weighted by molar-refractivity contribution is 5.95. The highest BCUT2D eigenvalue weighted by Gasteiger charge is 2.39. The molecular formula is C23H38N6O6. The molecule has 1 saturated carbocycles. The van der Waals surface area contributed by atoms with Gasteiger partial charge in [-0.15, -0.1) is 0 Å². The number of nitrogens with one attached hydrogen (secondary N) is 2. The van der Waals surface area contributed by atoms with Gasteiger partial charge in [0.1, 0.15) is 18.4 Å². The van der Waals surface area contributed by atoms with E-state index in [1.807, 2.05) is 0 Å². The monoisotopic (exact) mass is 494 g/mol. The summed E-state index contributed by atoms with van der Waals surface area (Å²) in [7, 11) is 0. The second-order valence-electron chi connectivity index (χ2n) is 9.32. The summed E-state index contributed by atoms with van der Waals surface area (Å²) in [4.78, 5) is 66.6. The van der Waals surface area contributed by atoms with E-state index in [1.165, 1.54) is 4.90 Å². The minimum atomic E-state index is -1.25. The Bertz CT molecular complexity index is 793. The van der Waals surface area contributed by atoms with E-state index in [2.05, 4.69) is 15.6 Å². The topological polar surface area (TPSA) is 197 Å². The van der Waals surface area contributed by atoms with E-state index in [1.54, 1.807) is 0 Å². The van der Waals surface area contributed by atoms with E-state index in [0.717, 1.165) is 32.1 Å². The van der Waals surface area contributed by atoms with Crippen LogP contribution in [-0.4, -0.2) is 77.2 Å². The van der Waals surface area contributed by atoms with Crippen LogP contribution in [0, 0.1) is 5.92 Å². The summed E-state index contributed by atoms with van der Waals surface area (Å²) in [6.07, 6.45) is 7.22. The van der Waals surface area contributed by atoms with Crippen LogP contribution in [0.4, 0.5) is 0 Å². The molecule has 3 amide bonds. The third-order valence-electron chi connectivity index (χ3n) is 6.51. The van der Waals surface area contributed by atoms with Crippen LogP contribution in [0.15, 0.2) is 4.99 Å². The maximum atomic E-state index is 13.2. The number of rotatable bonds is 13. The van der Waals surface area contributed by atoms with Crippen molar-refractivity contribution in [3.63, 3.8) is 0 Å². The fourth-order valence-electron chi connectivity index (χ4n) is 4.76. The summed E-state index contributed by atoms with van der Waals surface area (Å²) in [6.45, 7) is 0.579. The number of carboxylic acid groups (broad SMARTS) is 1. The first-order valence-corrected chi connectivity index (χ1v) is 12.3. The highest BCUT2D eigenvalue weighted by Crippen LogP contribution is 2.26. The number of hydrogen-bond acceptors (Lipinski definition) is 6. The average Bonchev–Trinajstić information content (AvgIpc) is 3.30. The van der Waals surface area contributed by atoms with E-state index < -0.39 is 42.3 Å². The zero-order valence-corrected chi connectivity index (χ0v) is 20.1. The first kappa shape index (κ1) is 28.1. The van der Waals surface area contributed by atoms with Gasteiger partial charge in [0.2, 0.25) is 17.7 Å². The molecule has 0 spiro atoms. The molecule has 3 atom stereocenters. The van der Waals surface area contributed by atoms with Gasteiger partial charge in [-0.25, -0.2) is 0 Å². The van der Waals surface area contributed by atoms with E-state index in [9.17, 15) is 29.1 Å². The number of carbonyl (C=O) groups excluding carboxylic acids is 4. The Labute approximate surface area is 205 Å². The van der Waals surface area contributed by atoms with Crippen molar-refractivity contribution in [2.45, 2.75) is 88.8 Å². The Balaban J connectivity index is 1.98. The number of nitrogens with two attached hydrogens (primary N) is 2. The number of likely N-dealkylation sites (tertiary alicyclic amines) is 1. The van der Waals surface area contributed by atoms with Crippen LogP contribution in [0.25, 0.3) is 0 Å². The summed E-state index contributed by atoms with van der Waals surface area (Å²) in [5.41, 5.74) is 10.5. The number of carbonyl (C=O) groups is 5. The van der Waals surface area contributed by atoms with Gasteiger partial charge >= 0.3 is 5.97 Å². The number of guanidine groups is 1. The molecule has 12 heteroatoms. The van der Waals surface area contributed by atoms with Crippen LogP contribution in [0.3, 0.4) is 0 Å². The maximum absolute atomic E-state index is 13.2. The standard InChI is InChI=1S/C23H38N6O6/c24-23(25)26-10-4-8-16(14-30)27-21(34)18-9-5-11-29(18)22(35)17(13-20(32)33)28-19(31)12-15-6-2-1-3-7-15/h14-18H,1-13H2,(H,27,34)(H,28,31)(H,32,33)(H4,24,25,26)/t16-,17-,18+/m1/s1. The predicted octanol–water partition coefficient (Wildman–Crippen LogP) is -0.355. The first-order chi connectivity index (χ1) is 16.7. The Kier molecular flexibility index (Phi) is 11.4. The molecule has 7 N–H and O–H groups in total. The normalized spacial score (nSPS) is 19.9. The molecule has 1 saturated heterocycles. The molecule has 0 radical (unpaired) electrons. The fourth-order valence-corrected chi connectivity index (χ4v) is 4.76. The Morgan fingerprint density at radius 2 is 1.77 bits per heavy atom. The molecule has 0 aromatic carbocycles. The van der Waals surface area contributed by atoms with Crippen molar-refractivity contribution in [1.82, 2.24) is 15.5 Å². The Hall–Kier alpha value is -3.18. The molecule has 12 nitrogen and oxygen atoms in total. The predicted molar refractivity (Wildman–Crippen MR) is 128 cm³/mol. The Morgan fingerprint density at radius 1 is 1.06 bits per heavy atom. The van der Waals surface area contributed by atoms with Crippen LogP contribution >= 0.6 is 0 Å². The molecule has 0 aromatic heterocycles. The molecule has 2 aliphatic rings. The molecule has 1 aliphatic carbocycles. The van der Waals surface area contributed by atoms with Crippen molar-refractivity contribution in [3.05, 3.63) is 0 Å². The fraction of sp³-hybridized carbons (Fsp3) is 0.739. The van der Waals surface area contributed by atoms with Crippen molar-refractivity contribution in [2.24, 2.45) is 22.4 Å². The van der Waals surface area contributed by atoms with Crippen LogP contribution < -0.4 is 22.1 Å². The van der Waals surface area contributed by atoms with Crippen molar-refractivity contribution < 1.29 is 29.1 Å². The summed E-state index contributed by atoms with van der Waals surface area (Å²) in [5, 5.41) is 14.5. The number of aliphatic imine (C=N–C) groups is 1. The van der Waals surface area contributed by atoms with Gasteiger partial charge in [0.05, 0.1) is 12.5 Å². The van der Waals surface area contributed by atoms with Gasteiger partial charge in [-0.05, 0) is 44.4 Å². The number of hydrogen-bond donors (Lipinski definition) is 5. The van der Waals surface area contributed by atoms with Gasteiger partial charge in [-0.3, -0.25) is 24.2 Å². The van der Waals surface area contributed by atoms with E-state index >= 15 is 0 Å². The van der Waals surface area contributed by atoms with Crippen LogP contribution in [0.1, 0.15) is 70.6 Å². The van der Waals surface area contributed by atoms with Crippen molar-refractivity contribution in [2.75, 3.05) is 13.1 Å². The van der Waals surface area contributed by atoms with E-state index in [-0.39, 0.29) is 30.8 Å². The summed E-state index contributed by atoms with van der Waals surface area (Å²) < 4.78 is 0. The molecule has 0 bridgehead atoms. The van der Waals surface area contributed by atoms with Gasteiger partial charge in [0.15, 0.2) is 5.96 Å². The van der Waals surface area contributed by atoms with Crippen molar-refractivity contribution >= 4 is 35.9 Å².